The van der Waals surface area contributed by atoms with E-state index in [1.807, 2.05) is 0 Å². The maximum atomic E-state index is 11.8. The van der Waals surface area contributed by atoms with Crippen LogP contribution >= 0.6 is 15.9 Å². The molecular weight excluding hydrogens is 342 g/mol. The van der Waals surface area contributed by atoms with Crippen LogP contribution < -0.4 is 5.32 Å². The van der Waals surface area contributed by atoms with Gasteiger partial charge in [0, 0.05) is 23.0 Å². The minimum Gasteiger partial charge on any atom is -0.463 e. The Kier molecular flexibility index (Phi) is 5.32. The molecule has 1 aliphatic heterocycles. The van der Waals surface area contributed by atoms with Gasteiger partial charge in [-0.3, -0.25) is 9.59 Å². The van der Waals surface area contributed by atoms with Crippen molar-refractivity contribution in [1.82, 2.24) is 5.32 Å². The van der Waals surface area contributed by atoms with Crippen LogP contribution in [0.5, 0.6) is 0 Å². The fourth-order valence-corrected chi connectivity index (χ4v) is 2.05. The molecule has 0 aliphatic carbocycles. The first-order valence-corrected chi connectivity index (χ1v) is 7.25. The Labute approximate surface area is 129 Å². The fraction of sp³-hybridized carbons (Fsp3) is 0.357. The maximum absolute atomic E-state index is 11.8. The van der Waals surface area contributed by atoms with Gasteiger partial charge in [-0.05, 0) is 24.3 Å². The first-order chi connectivity index (χ1) is 10.1. The summed E-state index contributed by atoms with van der Waals surface area (Å²) in [6.07, 6.45) is -0.415. The number of ether oxygens (including phenoxy) is 2. The van der Waals surface area contributed by atoms with Gasteiger partial charge in [0.05, 0.1) is 13.0 Å². The van der Waals surface area contributed by atoms with Gasteiger partial charge < -0.3 is 14.8 Å². The van der Waals surface area contributed by atoms with Gasteiger partial charge in [-0.1, -0.05) is 15.9 Å². The van der Waals surface area contributed by atoms with Crippen molar-refractivity contribution in [2.45, 2.75) is 18.9 Å². The van der Waals surface area contributed by atoms with Crippen LogP contribution in [-0.2, 0) is 19.1 Å². The second kappa shape index (κ2) is 7.21. The van der Waals surface area contributed by atoms with Gasteiger partial charge >= 0.3 is 11.9 Å². The lowest BCUT2D eigenvalue weighted by Crippen LogP contribution is -2.28. The van der Waals surface area contributed by atoms with E-state index in [9.17, 15) is 14.4 Å². The highest BCUT2D eigenvalue weighted by molar-refractivity contribution is 9.10. The van der Waals surface area contributed by atoms with Crippen LogP contribution in [0.2, 0.25) is 0 Å². The topological polar surface area (TPSA) is 81.7 Å². The predicted molar refractivity (Wildman–Crippen MR) is 76.5 cm³/mol. The van der Waals surface area contributed by atoms with Crippen LogP contribution in [0.25, 0.3) is 0 Å². The van der Waals surface area contributed by atoms with Gasteiger partial charge in [0.1, 0.15) is 0 Å². The number of esters is 2. The molecule has 0 aromatic heterocycles. The third kappa shape index (κ3) is 4.56. The normalized spacial score (nSPS) is 17.2. The van der Waals surface area contributed by atoms with Crippen molar-refractivity contribution >= 4 is 33.8 Å². The Bertz CT molecular complexity index is 543. The van der Waals surface area contributed by atoms with Crippen molar-refractivity contribution in [3.63, 3.8) is 0 Å². The zero-order valence-corrected chi connectivity index (χ0v) is 12.7. The predicted octanol–water partition coefficient (Wildman–Crippen LogP) is 1.43. The van der Waals surface area contributed by atoms with Gasteiger partial charge in [0.25, 0.3) is 5.91 Å². The minimum atomic E-state index is -0.806. The monoisotopic (exact) mass is 355 g/mol. The van der Waals surface area contributed by atoms with E-state index >= 15 is 0 Å². The number of hydrogen-bond donors (Lipinski definition) is 1. The quantitative estimate of drug-likeness (QED) is 0.808. The largest absolute Gasteiger partial charge is 0.463 e. The molecule has 2 rings (SSSR count). The van der Waals surface area contributed by atoms with E-state index in [0.717, 1.165) is 4.47 Å². The SMILES string of the molecule is O=C(CCNC(=O)c1ccc(Br)cc1)O[C@@H]1CCOC1=O. The van der Waals surface area contributed by atoms with E-state index in [0.29, 0.717) is 12.0 Å². The molecule has 1 aromatic carbocycles. The summed E-state index contributed by atoms with van der Waals surface area (Å²) in [5.74, 6) is -1.31. The molecule has 7 heteroatoms. The van der Waals surface area contributed by atoms with Crippen LogP contribution in [0.4, 0.5) is 0 Å². The summed E-state index contributed by atoms with van der Waals surface area (Å²) in [6, 6.07) is 6.86. The van der Waals surface area contributed by atoms with Gasteiger partial charge in [0.15, 0.2) is 0 Å². The maximum Gasteiger partial charge on any atom is 0.347 e. The molecule has 1 aliphatic rings. The summed E-state index contributed by atoms with van der Waals surface area (Å²) in [7, 11) is 0. The molecule has 6 nitrogen and oxygen atoms in total. The van der Waals surface area contributed by atoms with E-state index in [2.05, 4.69) is 26.0 Å². The van der Waals surface area contributed by atoms with Crippen molar-refractivity contribution < 1.29 is 23.9 Å². The van der Waals surface area contributed by atoms with Crippen LogP contribution in [0.1, 0.15) is 23.2 Å². The lowest BCUT2D eigenvalue weighted by molar-refractivity contribution is -0.160. The van der Waals surface area contributed by atoms with Crippen molar-refractivity contribution in [2.75, 3.05) is 13.2 Å². The van der Waals surface area contributed by atoms with E-state index < -0.39 is 18.0 Å². The van der Waals surface area contributed by atoms with Crippen molar-refractivity contribution in [3.05, 3.63) is 34.3 Å². The summed E-state index contributed by atoms with van der Waals surface area (Å²) in [5.41, 5.74) is 0.505. The molecule has 0 spiro atoms. The summed E-state index contributed by atoms with van der Waals surface area (Å²) >= 11 is 3.28. The van der Waals surface area contributed by atoms with Gasteiger partial charge in [-0.2, -0.15) is 0 Å². The molecule has 1 fully saturated rings. The molecule has 21 heavy (non-hydrogen) atoms. The molecule has 1 amide bonds. The minimum absolute atomic E-state index is 0.00600. The van der Waals surface area contributed by atoms with E-state index in [4.69, 9.17) is 4.74 Å². The van der Waals surface area contributed by atoms with Crippen LogP contribution in [-0.4, -0.2) is 37.1 Å². The number of cyclic esters (lactones) is 1. The number of rotatable bonds is 5. The third-order valence-corrected chi connectivity index (χ3v) is 3.41. The van der Waals surface area contributed by atoms with Crippen molar-refractivity contribution in [2.24, 2.45) is 0 Å². The van der Waals surface area contributed by atoms with Crippen LogP contribution in [0, 0.1) is 0 Å². The zero-order valence-electron chi connectivity index (χ0n) is 11.1. The highest BCUT2D eigenvalue weighted by Gasteiger charge is 2.29. The fourth-order valence-electron chi connectivity index (χ4n) is 1.78. The summed E-state index contributed by atoms with van der Waals surface area (Å²) in [4.78, 5) is 34.4. The van der Waals surface area contributed by atoms with Crippen molar-refractivity contribution in [3.8, 4) is 0 Å². The molecule has 1 N–H and O–H groups in total. The first-order valence-electron chi connectivity index (χ1n) is 6.46. The lowest BCUT2D eigenvalue weighted by atomic mass is 10.2. The third-order valence-electron chi connectivity index (χ3n) is 2.88. The average Bonchev–Trinajstić information content (AvgIpc) is 2.85. The number of amides is 1. The molecule has 1 aromatic rings. The molecule has 0 radical (unpaired) electrons. The summed E-state index contributed by atoms with van der Waals surface area (Å²) in [5, 5.41) is 2.61. The average molecular weight is 356 g/mol. The number of nitrogens with one attached hydrogen (secondary N) is 1. The highest BCUT2D eigenvalue weighted by atomic mass is 79.9. The van der Waals surface area contributed by atoms with E-state index in [1.54, 1.807) is 24.3 Å². The molecule has 1 saturated heterocycles. The number of carbonyl (C=O) groups excluding carboxylic acids is 3. The Hall–Kier alpha value is -1.89. The Morgan fingerprint density at radius 2 is 2.05 bits per heavy atom. The zero-order chi connectivity index (χ0) is 15.2. The van der Waals surface area contributed by atoms with Crippen LogP contribution in [0.15, 0.2) is 28.7 Å². The van der Waals surface area contributed by atoms with Crippen LogP contribution in [0.3, 0.4) is 0 Å². The number of carbonyl (C=O) groups is 3. The Balaban J connectivity index is 1.71. The van der Waals surface area contributed by atoms with E-state index in [1.165, 1.54) is 0 Å². The Morgan fingerprint density at radius 3 is 2.67 bits per heavy atom. The molecule has 112 valence electrons. The van der Waals surface area contributed by atoms with E-state index in [-0.39, 0.29) is 25.5 Å². The highest BCUT2D eigenvalue weighted by Crippen LogP contribution is 2.11. The molecule has 0 saturated carbocycles. The number of halogens is 1. The molecule has 0 bridgehead atoms. The smallest absolute Gasteiger partial charge is 0.347 e. The molecule has 1 heterocycles. The summed E-state index contributed by atoms with van der Waals surface area (Å²) < 4.78 is 10.5. The standard InChI is InChI=1S/C14H14BrNO5/c15-10-3-1-9(2-4-10)13(18)16-7-5-12(17)21-11-6-8-20-14(11)19/h1-4,11H,5-8H2,(H,16,18)/t11-/m1/s1. The second-order valence-electron chi connectivity index (χ2n) is 4.45. The van der Waals surface area contributed by atoms with Gasteiger partial charge in [-0.15, -0.1) is 0 Å². The second-order valence-corrected chi connectivity index (χ2v) is 5.36. The molecule has 0 unspecified atom stereocenters. The van der Waals surface area contributed by atoms with Crippen molar-refractivity contribution in [1.29, 1.82) is 0 Å². The number of benzene rings is 1. The summed E-state index contributed by atoms with van der Waals surface area (Å²) in [6.45, 7) is 0.423. The molecular formula is C14H14BrNO5. The molecule has 1 atom stereocenters. The van der Waals surface area contributed by atoms with Gasteiger partial charge in [-0.25, -0.2) is 4.79 Å². The van der Waals surface area contributed by atoms with Gasteiger partial charge in [0.2, 0.25) is 6.10 Å². The lowest BCUT2D eigenvalue weighted by Gasteiger charge is -2.09. The Morgan fingerprint density at radius 1 is 1.33 bits per heavy atom. The number of hydrogen-bond acceptors (Lipinski definition) is 5. The first kappa shape index (κ1) is 15.5.